The van der Waals surface area contributed by atoms with Gasteiger partial charge in [0.2, 0.25) is 0 Å². The SMILES string of the molecule is CC(C)c1ccc(S(=O)(=O)Oc2nc(Cc3cccc(O)c3)nc(OCCO)c2Oc2ccccc2)nc1. The van der Waals surface area contributed by atoms with E-state index in [1.54, 1.807) is 48.5 Å². The molecule has 10 nitrogen and oxygen atoms in total. The van der Waals surface area contributed by atoms with Crippen LogP contribution in [0.1, 0.15) is 36.7 Å². The number of hydrogen-bond donors (Lipinski definition) is 2. The third-order valence-corrected chi connectivity index (χ3v) is 6.42. The van der Waals surface area contributed by atoms with Crippen LogP contribution in [0.5, 0.6) is 29.0 Å². The molecule has 2 N–H and O–H groups in total. The number of hydrogen-bond acceptors (Lipinski definition) is 10. The van der Waals surface area contributed by atoms with Crippen molar-refractivity contribution in [1.29, 1.82) is 0 Å². The molecule has 0 spiro atoms. The van der Waals surface area contributed by atoms with E-state index in [-0.39, 0.29) is 53.8 Å². The molecular weight excluding hydrogens is 510 g/mol. The largest absolute Gasteiger partial charge is 0.508 e. The van der Waals surface area contributed by atoms with Crippen molar-refractivity contribution in [2.45, 2.75) is 31.2 Å². The van der Waals surface area contributed by atoms with E-state index in [1.165, 1.54) is 24.4 Å². The number of phenols is 1. The molecule has 11 heteroatoms. The van der Waals surface area contributed by atoms with Crippen LogP contribution in [0.3, 0.4) is 0 Å². The number of aliphatic hydroxyl groups excluding tert-OH is 1. The van der Waals surface area contributed by atoms with Crippen molar-refractivity contribution in [3.63, 3.8) is 0 Å². The lowest BCUT2D eigenvalue weighted by molar-refractivity contribution is 0.191. The maximum atomic E-state index is 13.2. The van der Waals surface area contributed by atoms with Crippen molar-refractivity contribution in [3.8, 4) is 29.0 Å². The number of ether oxygens (including phenoxy) is 2. The zero-order valence-electron chi connectivity index (χ0n) is 20.8. The fourth-order valence-corrected chi connectivity index (χ4v) is 4.22. The van der Waals surface area contributed by atoms with Crippen molar-refractivity contribution >= 4 is 10.1 Å². The molecule has 38 heavy (non-hydrogen) atoms. The van der Waals surface area contributed by atoms with Crippen LogP contribution in [0.4, 0.5) is 0 Å². The number of benzene rings is 2. The second kappa shape index (κ2) is 11.9. The molecule has 0 amide bonds. The van der Waals surface area contributed by atoms with Gasteiger partial charge >= 0.3 is 10.1 Å². The molecule has 0 aliphatic carbocycles. The monoisotopic (exact) mass is 537 g/mol. The molecule has 4 aromatic rings. The first kappa shape index (κ1) is 26.8. The lowest BCUT2D eigenvalue weighted by Crippen LogP contribution is -2.15. The third kappa shape index (κ3) is 6.75. The van der Waals surface area contributed by atoms with Crippen LogP contribution in [0.2, 0.25) is 0 Å². The molecule has 198 valence electrons. The van der Waals surface area contributed by atoms with Crippen molar-refractivity contribution in [2.24, 2.45) is 0 Å². The minimum Gasteiger partial charge on any atom is -0.508 e. The molecule has 0 unspecified atom stereocenters. The first-order chi connectivity index (χ1) is 18.2. The fraction of sp³-hybridized carbons (Fsp3) is 0.222. The predicted octanol–water partition coefficient (Wildman–Crippen LogP) is 4.22. The molecule has 4 rings (SSSR count). The molecular formula is C27H27N3O7S. The summed E-state index contributed by atoms with van der Waals surface area (Å²) in [6, 6.07) is 18.1. The third-order valence-electron chi connectivity index (χ3n) is 5.29. The summed E-state index contributed by atoms with van der Waals surface area (Å²) in [5.74, 6) is -0.0169. The van der Waals surface area contributed by atoms with Gasteiger partial charge in [-0.1, -0.05) is 50.2 Å². The Kier molecular flexibility index (Phi) is 8.39. The minimum absolute atomic E-state index is 0.0539. The van der Waals surface area contributed by atoms with Crippen molar-refractivity contribution < 1.29 is 32.3 Å². The number of rotatable bonds is 11. The smallest absolute Gasteiger partial charge is 0.358 e. The fourth-order valence-electron chi connectivity index (χ4n) is 3.40. The highest BCUT2D eigenvalue weighted by Gasteiger charge is 2.27. The second-order valence-corrected chi connectivity index (χ2v) is 10.0. The van der Waals surface area contributed by atoms with Gasteiger partial charge in [0.25, 0.3) is 17.5 Å². The molecule has 0 radical (unpaired) electrons. The first-order valence-corrected chi connectivity index (χ1v) is 13.2. The predicted molar refractivity (Wildman–Crippen MR) is 138 cm³/mol. The number of nitrogens with zero attached hydrogens (tertiary/aromatic N) is 3. The normalized spacial score (nSPS) is 11.4. The van der Waals surface area contributed by atoms with Crippen LogP contribution in [-0.4, -0.2) is 46.8 Å². The maximum absolute atomic E-state index is 13.2. The lowest BCUT2D eigenvalue weighted by atomic mass is 10.1. The molecule has 0 aliphatic heterocycles. The van der Waals surface area contributed by atoms with Crippen molar-refractivity contribution in [3.05, 3.63) is 89.9 Å². The zero-order valence-corrected chi connectivity index (χ0v) is 21.6. The quantitative estimate of drug-likeness (QED) is 0.267. The summed E-state index contributed by atoms with van der Waals surface area (Å²) in [5, 5.41) is 18.9. The summed E-state index contributed by atoms with van der Waals surface area (Å²) < 4.78 is 43.4. The summed E-state index contributed by atoms with van der Waals surface area (Å²) in [7, 11) is -4.43. The molecule has 0 saturated heterocycles. The van der Waals surface area contributed by atoms with Gasteiger partial charge in [-0.15, -0.1) is 0 Å². The van der Waals surface area contributed by atoms with Crippen LogP contribution in [0, 0.1) is 0 Å². The summed E-state index contributed by atoms with van der Waals surface area (Å²) in [4.78, 5) is 12.8. The summed E-state index contributed by atoms with van der Waals surface area (Å²) in [6.07, 6.45) is 1.60. The summed E-state index contributed by atoms with van der Waals surface area (Å²) in [5.41, 5.74) is 1.53. The van der Waals surface area contributed by atoms with Crippen LogP contribution in [-0.2, 0) is 16.5 Å². The highest BCUT2D eigenvalue weighted by Crippen LogP contribution is 2.39. The number of aliphatic hydroxyl groups is 1. The van der Waals surface area contributed by atoms with E-state index in [4.69, 9.17) is 13.7 Å². The van der Waals surface area contributed by atoms with Gasteiger partial charge < -0.3 is 23.9 Å². The van der Waals surface area contributed by atoms with E-state index in [1.807, 2.05) is 13.8 Å². The Hall–Kier alpha value is -4.22. The van der Waals surface area contributed by atoms with Crippen LogP contribution < -0.4 is 13.7 Å². The van der Waals surface area contributed by atoms with Gasteiger partial charge in [0.15, 0.2) is 5.03 Å². The van der Waals surface area contributed by atoms with Gasteiger partial charge in [-0.2, -0.15) is 18.4 Å². The van der Waals surface area contributed by atoms with Crippen molar-refractivity contribution in [1.82, 2.24) is 15.0 Å². The number of aromatic hydroxyl groups is 1. The Morgan fingerprint density at radius 1 is 0.947 bits per heavy atom. The second-order valence-electron chi connectivity index (χ2n) is 8.54. The molecule has 2 aromatic heterocycles. The molecule has 0 saturated carbocycles. The van der Waals surface area contributed by atoms with Crippen LogP contribution in [0.15, 0.2) is 78.0 Å². The van der Waals surface area contributed by atoms with Gasteiger partial charge in [0, 0.05) is 12.6 Å². The van der Waals surface area contributed by atoms with Gasteiger partial charge in [0.1, 0.15) is 23.9 Å². The Morgan fingerprint density at radius 3 is 2.37 bits per heavy atom. The van der Waals surface area contributed by atoms with Gasteiger partial charge in [-0.3, -0.25) is 0 Å². The number of phenolic OH excluding ortho intramolecular Hbond substituents is 1. The average molecular weight is 538 g/mol. The Balaban J connectivity index is 1.79. The minimum atomic E-state index is -4.43. The first-order valence-electron chi connectivity index (χ1n) is 11.8. The standard InChI is InChI=1S/C27H27N3O7S/c1-18(2)20-11-12-24(28-17-20)38(33,34)37-27-25(36-22-9-4-3-5-10-22)26(35-14-13-31)29-23(30-27)16-19-7-6-8-21(32)15-19/h3-12,15,17-18,31-32H,13-14,16H2,1-2H3. The number of aromatic nitrogens is 3. The topological polar surface area (TPSA) is 141 Å². The average Bonchev–Trinajstić information content (AvgIpc) is 2.89. The molecule has 0 fully saturated rings. The molecule has 0 bridgehead atoms. The van der Waals surface area contributed by atoms with Crippen LogP contribution in [0.25, 0.3) is 0 Å². The van der Waals surface area contributed by atoms with Gasteiger partial charge in [-0.25, -0.2) is 4.98 Å². The highest BCUT2D eigenvalue weighted by atomic mass is 32.2. The lowest BCUT2D eigenvalue weighted by Gasteiger charge is -2.16. The zero-order chi connectivity index (χ0) is 27.1. The maximum Gasteiger partial charge on any atom is 0.358 e. The number of para-hydroxylation sites is 1. The molecule has 2 heterocycles. The van der Waals surface area contributed by atoms with Gasteiger partial charge in [0.05, 0.1) is 6.61 Å². The van der Waals surface area contributed by atoms with E-state index in [0.29, 0.717) is 11.3 Å². The van der Waals surface area contributed by atoms with Gasteiger partial charge in [-0.05, 0) is 47.4 Å². The molecule has 0 atom stereocenters. The molecule has 2 aromatic carbocycles. The number of pyridine rings is 1. The van der Waals surface area contributed by atoms with E-state index < -0.39 is 16.0 Å². The Morgan fingerprint density at radius 2 is 1.71 bits per heavy atom. The Labute approximate surface area is 220 Å². The van der Waals surface area contributed by atoms with Crippen molar-refractivity contribution in [2.75, 3.05) is 13.2 Å². The van der Waals surface area contributed by atoms with Crippen LogP contribution >= 0.6 is 0 Å². The highest BCUT2D eigenvalue weighted by molar-refractivity contribution is 7.87. The van der Waals surface area contributed by atoms with E-state index in [9.17, 15) is 18.6 Å². The molecule has 0 aliphatic rings. The summed E-state index contributed by atoms with van der Waals surface area (Å²) in [6.45, 7) is 3.48. The summed E-state index contributed by atoms with van der Waals surface area (Å²) >= 11 is 0. The van der Waals surface area contributed by atoms with E-state index >= 15 is 0 Å². The van der Waals surface area contributed by atoms with E-state index in [0.717, 1.165) is 5.56 Å². The Bertz CT molecular complexity index is 1480. The van der Waals surface area contributed by atoms with E-state index in [2.05, 4.69) is 15.0 Å².